The van der Waals surface area contributed by atoms with E-state index >= 15 is 0 Å². The highest BCUT2D eigenvalue weighted by Gasteiger charge is 2.37. The van der Waals surface area contributed by atoms with Gasteiger partial charge in [0.25, 0.3) is 0 Å². The molecule has 0 spiro atoms. The monoisotopic (exact) mass is 393 g/mol. The van der Waals surface area contributed by atoms with Crippen molar-refractivity contribution in [1.82, 2.24) is 5.32 Å². The molecule has 148 valence electrons. The normalized spacial score (nSPS) is 12.8. The summed E-state index contributed by atoms with van der Waals surface area (Å²) in [6.45, 7) is 1.55. The summed E-state index contributed by atoms with van der Waals surface area (Å²) in [7, 11) is -0.375. The van der Waals surface area contributed by atoms with Gasteiger partial charge in [0.1, 0.15) is 5.78 Å². The summed E-state index contributed by atoms with van der Waals surface area (Å²) in [5.41, 5.74) is 1.92. The zero-order chi connectivity index (χ0) is 19.4. The maximum Gasteiger partial charge on any atom is 0.352 e. The Bertz CT molecular complexity index is 669. The van der Waals surface area contributed by atoms with Crippen molar-refractivity contribution < 1.29 is 23.1 Å². The number of nitrogens with one attached hydrogen (secondary N) is 1. The van der Waals surface area contributed by atoms with Crippen molar-refractivity contribution in [2.75, 3.05) is 40.6 Å². The lowest BCUT2D eigenvalue weighted by Gasteiger charge is -2.28. The standard InChI is InChI=1S/C20H28NO5P/c1-23-13-15-25-27(22,26-16-14-24-2)20(19-11-7-4-8-12-19)21-17-18-9-5-3-6-10-18/h3-12,20-21H,13-17H2,1-2H3/t20-/m0/s1. The quantitative estimate of drug-likeness (QED) is 0.410. The first-order valence-electron chi connectivity index (χ1n) is 8.88. The van der Waals surface area contributed by atoms with Gasteiger partial charge < -0.3 is 18.5 Å². The average Bonchev–Trinajstić information content (AvgIpc) is 2.70. The zero-order valence-electron chi connectivity index (χ0n) is 15.9. The number of benzene rings is 2. The van der Waals surface area contributed by atoms with Gasteiger partial charge in [-0.15, -0.1) is 0 Å². The average molecular weight is 393 g/mol. The van der Waals surface area contributed by atoms with E-state index in [1.807, 2.05) is 60.7 Å². The summed E-state index contributed by atoms with van der Waals surface area (Å²) in [5, 5.41) is 3.35. The minimum atomic E-state index is -3.52. The van der Waals surface area contributed by atoms with E-state index < -0.39 is 13.4 Å². The molecule has 0 aliphatic rings. The van der Waals surface area contributed by atoms with Gasteiger partial charge in [-0.2, -0.15) is 0 Å². The first kappa shape index (κ1) is 21.8. The molecule has 0 heterocycles. The van der Waals surface area contributed by atoms with Crippen molar-refractivity contribution in [3.63, 3.8) is 0 Å². The Hall–Kier alpha value is -1.53. The molecule has 2 rings (SSSR count). The highest BCUT2D eigenvalue weighted by atomic mass is 31.2. The summed E-state index contributed by atoms with van der Waals surface area (Å²) in [6, 6.07) is 19.5. The van der Waals surface area contributed by atoms with Crippen molar-refractivity contribution >= 4 is 7.60 Å². The van der Waals surface area contributed by atoms with E-state index in [2.05, 4.69) is 5.32 Å². The van der Waals surface area contributed by atoms with Crippen LogP contribution in [0, 0.1) is 0 Å². The maximum absolute atomic E-state index is 13.7. The molecule has 0 aliphatic carbocycles. The second-order valence-corrected chi connectivity index (χ2v) is 7.98. The van der Waals surface area contributed by atoms with Gasteiger partial charge in [-0.1, -0.05) is 60.7 Å². The molecule has 0 radical (unpaired) electrons. The van der Waals surface area contributed by atoms with Crippen LogP contribution >= 0.6 is 7.60 Å². The fraction of sp³-hybridized carbons (Fsp3) is 0.400. The van der Waals surface area contributed by atoms with Crippen LogP contribution < -0.4 is 5.32 Å². The van der Waals surface area contributed by atoms with Crippen LogP contribution in [0.15, 0.2) is 60.7 Å². The number of ether oxygens (including phenoxy) is 2. The van der Waals surface area contributed by atoms with Gasteiger partial charge >= 0.3 is 7.60 Å². The molecular weight excluding hydrogens is 365 g/mol. The summed E-state index contributed by atoms with van der Waals surface area (Å²) in [4.78, 5) is 0. The fourth-order valence-corrected chi connectivity index (χ4v) is 4.42. The minimum absolute atomic E-state index is 0.178. The Kier molecular flexibility index (Phi) is 9.70. The van der Waals surface area contributed by atoms with Crippen LogP contribution in [0.4, 0.5) is 0 Å². The third kappa shape index (κ3) is 7.18. The SMILES string of the molecule is COCCOP(=O)(OCCOC)[C@H](NCc1ccccc1)c1ccccc1. The van der Waals surface area contributed by atoms with Crippen LogP contribution in [0.2, 0.25) is 0 Å². The van der Waals surface area contributed by atoms with Gasteiger partial charge in [-0.05, 0) is 11.1 Å². The molecule has 2 aromatic carbocycles. The van der Waals surface area contributed by atoms with Crippen molar-refractivity contribution in [2.45, 2.75) is 12.3 Å². The second-order valence-electron chi connectivity index (χ2n) is 5.87. The van der Waals surface area contributed by atoms with Crippen molar-refractivity contribution in [1.29, 1.82) is 0 Å². The van der Waals surface area contributed by atoms with E-state index in [1.165, 1.54) is 0 Å². The first-order chi connectivity index (χ1) is 13.2. The Morgan fingerprint density at radius 3 is 1.85 bits per heavy atom. The molecule has 0 aromatic heterocycles. The predicted molar refractivity (Wildman–Crippen MR) is 106 cm³/mol. The number of hydrogen-bond acceptors (Lipinski definition) is 6. The Labute approximate surface area is 161 Å². The van der Waals surface area contributed by atoms with Crippen LogP contribution in [0.25, 0.3) is 0 Å². The largest absolute Gasteiger partial charge is 0.382 e. The third-order valence-corrected chi connectivity index (χ3v) is 6.09. The topological polar surface area (TPSA) is 66.0 Å². The lowest BCUT2D eigenvalue weighted by Crippen LogP contribution is -2.24. The van der Waals surface area contributed by atoms with Crippen molar-refractivity contribution in [2.24, 2.45) is 0 Å². The fourth-order valence-electron chi connectivity index (χ4n) is 2.54. The molecule has 0 unspecified atom stereocenters. The van der Waals surface area contributed by atoms with Crippen molar-refractivity contribution in [3.05, 3.63) is 71.8 Å². The zero-order valence-corrected chi connectivity index (χ0v) is 16.8. The lowest BCUT2D eigenvalue weighted by molar-refractivity contribution is 0.103. The van der Waals surface area contributed by atoms with Crippen LogP contribution in [0.3, 0.4) is 0 Å². The van der Waals surface area contributed by atoms with Gasteiger partial charge in [-0.25, -0.2) is 0 Å². The van der Waals surface area contributed by atoms with E-state index in [9.17, 15) is 4.57 Å². The van der Waals surface area contributed by atoms with E-state index in [4.69, 9.17) is 18.5 Å². The molecule has 0 amide bonds. The maximum atomic E-state index is 13.7. The van der Waals surface area contributed by atoms with E-state index in [1.54, 1.807) is 14.2 Å². The summed E-state index contributed by atoms with van der Waals surface area (Å²) >= 11 is 0. The molecule has 0 bridgehead atoms. The number of methoxy groups -OCH3 is 2. The molecule has 0 aliphatic heterocycles. The van der Waals surface area contributed by atoms with Crippen LogP contribution in [-0.2, 0) is 29.6 Å². The van der Waals surface area contributed by atoms with Gasteiger partial charge in [0.2, 0.25) is 0 Å². The van der Waals surface area contributed by atoms with Gasteiger partial charge in [0.05, 0.1) is 26.4 Å². The minimum Gasteiger partial charge on any atom is -0.382 e. The number of hydrogen-bond donors (Lipinski definition) is 1. The molecule has 1 atom stereocenters. The van der Waals surface area contributed by atoms with Gasteiger partial charge in [0.15, 0.2) is 0 Å². The van der Waals surface area contributed by atoms with Crippen LogP contribution in [0.5, 0.6) is 0 Å². The van der Waals surface area contributed by atoms with Crippen LogP contribution in [-0.4, -0.2) is 40.6 Å². The van der Waals surface area contributed by atoms with Crippen molar-refractivity contribution in [3.8, 4) is 0 Å². The molecule has 0 fully saturated rings. The Morgan fingerprint density at radius 2 is 1.33 bits per heavy atom. The first-order valence-corrected chi connectivity index (χ1v) is 10.5. The summed E-state index contributed by atoms with van der Waals surface area (Å²) < 4.78 is 35.2. The van der Waals surface area contributed by atoms with Gasteiger partial charge in [-0.3, -0.25) is 9.88 Å². The highest BCUT2D eigenvalue weighted by Crippen LogP contribution is 2.59. The predicted octanol–water partition coefficient (Wildman–Crippen LogP) is 3.99. The molecule has 0 saturated carbocycles. The molecule has 7 heteroatoms. The van der Waals surface area contributed by atoms with Gasteiger partial charge in [0, 0.05) is 20.8 Å². The van der Waals surface area contributed by atoms with E-state index in [-0.39, 0.29) is 13.2 Å². The van der Waals surface area contributed by atoms with E-state index in [0.29, 0.717) is 19.8 Å². The molecule has 2 aromatic rings. The summed E-state index contributed by atoms with van der Waals surface area (Å²) in [6.07, 6.45) is 0. The molecule has 6 nitrogen and oxygen atoms in total. The Morgan fingerprint density at radius 1 is 0.815 bits per heavy atom. The second kappa shape index (κ2) is 12.0. The smallest absolute Gasteiger partial charge is 0.352 e. The molecule has 27 heavy (non-hydrogen) atoms. The Balaban J connectivity index is 2.23. The van der Waals surface area contributed by atoms with E-state index in [0.717, 1.165) is 11.1 Å². The molecule has 0 saturated heterocycles. The van der Waals surface area contributed by atoms with Crippen LogP contribution in [0.1, 0.15) is 16.9 Å². The number of rotatable bonds is 13. The molecule has 1 N–H and O–H groups in total. The highest BCUT2D eigenvalue weighted by molar-refractivity contribution is 7.54. The third-order valence-electron chi connectivity index (χ3n) is 3.89. The lowest BCUT2D eigenvalue weighted by atomic mass is 10.2. The molecular formula is C20H28NO5P. The summed E-state index contributed by atoms with van der Waals surface area (Å²) in [5.74, 6) is -0.604.